The number of benzene rings is 1. The smallest absolute Gasteiger partial charge is 0.0483 e. The van der Waals surface area contributed by atoms with Gasteiger partial charge in [0.15, 0.2) is 0 Å². The highest BCUT2D eigenvalue weighted by Crippen LogP contribution is 2.33. The Hall–Kier alpha value is -1.28. The Bertz CT molecular complexity index is 523. The first-order valence-corrected chi connectivity index (χ1v) is 6.57. The molecule has 1 aromatic carbocycles. The number of rotatable bonds is 4. The highest BCUT2D eigenvalue weighted by atomic mass is 15.0. The number of nitrogens with zero attached hydrogens (tertiary/aromatic N) is 1. The van der Waals surface area contributed by atoms with E-state index in [2.05, 4.69) is 42.0 Å². The van der Waals surface area contributed by atoms with Gasteiger partial charge in [-0.05, 0) is 48.9 Å². The Morgan fingerprint density at radius 3 is 2.88 bits per heavy atom. The summed E-state index contributed by atoms with van der Waals surface area (Å²) < 4.78 is 2.40. The zero-order chi connectivity index (χ0) is 11.8. The fourth-order valence-electron chi connectivity index (χ4n) is 2.54. The Balaban J connectivity index is 2.04. The van der Waals surface area contributed by atoms with Gasteiger partial charge in [-0.1, -0.05) is 19.1 Å². The molecule has 0 spiro atoms. The van der Waals surface area contributed by atoms with Crippen molar-refractivity contribution in [2.75, 3.05) is 6.54 Å². The zero-order valence-corrected chi connectivity index (χ0v) is 10.4. The average Bonchev–Trinajstić information content (AvgIpc) is 3.08. The molecule has 2 nitrogen and oxygen atoms in total. The molecular formula is C15H20N2. The van der Waals surface area contributed by atoms with E-state index in [0.29, 0.717) is 12.5 Å². The number of hydrogen-bond donors (Lipinski definition) is 1. The van der Waals surface area contributed by atoms with Gasteiger partial charge in [0.1, 0.15) is 0 Å². The summed E-state index contributed by atoms with van der Waals surface area (Å²) in [7, 11) is 0. The van der Waals surface area contributed by atoms with E-state index >= 15 is 0 Å². The van der Waals surface area contributed by atoms with Crippen LogP contribution in [-0.4, -0.2) is 11.1 Å². The minimum absolute atomic E-state index is 0.440. The third-order valence-corrected chi connectivity index (χ3v) is 3.88. The molecule has 0 radical (unpaired) electrons. The molecule has 17 heavy (non-hydrogen) atoms. The van der Waals surface area contributed by atoms with E-state index in [-0.39, 0.29) is 0 Å². The Labute approximate surface area is 102 Å². The van der Waals surface area contributed by atoms with Gasteiger partial charge in [0, 0.05) is 23.6 Å². The zero-order valence-electron chi connectivity index (χ0n) is 10.4. The van der Waals surface area contributed by atoms with Crippen molar-refractivity contribution in [2.24, 2.45) is 11.7 Å². The van der Waals surface area contributed by atoms with Crippen molar-refractivity contribution < 1.29 is 0 Å². The third kappa shape index (κ3) is 1.98. The average molecular weight is 228 g/mol. The number of fused-ring (bicyclic) bond motifs is 1. The van der Waals surface area contributed by atoms with Gasteiger partial charge in [0.25, 0.3) is 0 Å². The molecule has 1 unspecified atom stereocenters. The van der Waals surface area contributed by atoms with Crippen molar-refractivity contribution in [1.82, 2.24) is 4.57 Å². The van der Waals surface area contributed by atoms with Gasteiger partial charge >= 0.3 is 0 Å². The highest BCUT2D eigenvalue weighted by molar-refractivity contribution is 5.84. The predicted molar refractivity (Wildman–Crippen MR) is 72.1 cm³/mol. The molecule has 1 saturated carbocycles. The van der Waals surface area contributed by atoms with E-state index < -0.39 is 0 Å². The van der Waals surface area contributed by atoms with Gasteiger partial charge in [-0.2, -0.15) is 0 Å². The van der Waals surface area contributed by atoms with E-state index in [9.17, 15) is 0 Å². The molecule has 2 aromatic rings. The van der Waals surface area contributed by atoms with Crippen LogP contribution in [0.2, 0.25) is 0 Å². The SMILES string of the molecule is CC(CN)c1cccc2c1ccn2CC1CC1. The molecule has 1 atom stereocenters. The van der Waals surface area contributed by atoms with Gasteiger partial charge in [-0.15, -0.1) is 0 Å². The van der Waals surface area contributed by atoms with Crippen molar-refractivity contribution in [2.45, 2.75) is 32.2 Å². The second kappa shape index (κ2) is 4.19. The molecule has 1 aliphatic carbocycles. The highest BCUT2D eigenvalue weighted by Gasteiger charge is 2.22. The lowest BCUT2D eigenvalue weighted by Crippen LogP contribution is -2.09. The van der Waals surface area contributed by atoms with Crippen molar-refractivity contribution in [3.05, 3.63) is 36.0 Å². The van der Waals surface area contributed by atoms with Crippen LogP contribution in [0.15, 0.2) is 30.5 Å². The van der Waals surface area contributed by atoms with Gasteiger partial charge in [0.05, 0.1) is 0 Å². The van der Waals surface area contributed by atoms with Gasteiger partial charge < -0.3 is 10.3 Å². The number of nitrogens with two attached hydrogens (primary N) is 1. The van der Waals surface area contributed by atoms with Gasteiger partial charge in [-0.25, -0.2) is 0 Å². The molecule has 1 fully saturated rings. The van der Waals surface area contributed by atoms with Crippen LogP contribution in [0.5, 0.6) is 0 Å². The molecule has 0 amide bonds. The van der Waals surface area contributed by atoms with E-state index in [1.807, 2.05) is 0 Å². The minimum atomic E-state index is 0.440. The first-order chi connectivity index (χ1) is 8.29. The van der Waals surface area contributed by atoms with Crippen molar-refractivity contribution in [3.63, 3.8) is 0 Å². The standard InChI is InChI=1S/C15H20N2/c1-11(9-16)13-3-2-4-15-14(13)7-8-17(15)10-12-5-6-12/h2-4,7-8,11-12H,5-6,9-10,16H2,1H3. The molecule has 0 aliphatic heterocycles. The summed E-state index contributed by atoms with van der Waals surface area (Å²) in [4.78, 5) is 0. The summed E-state index contributed by atoms with van der Waals surface area (Å²) in [6.45, 7) is 4.10. The van der Waals surface area contributed by atoms with Gasteiger partial charge in [0.2, 0.25) is 0 Å². The first kappa shape index (κ1) is 10.8. The summed E-state index contributed by atoms with van der Waals surface area (Å²) >= 11 is 0. The predicted octanol–water partition coefficient (Wildman–Crippen LogP) is 3.11. The Kier molecular flexibility index (Phi) is 2.67. The van der Waals surface area contributed by atoms with E-state index in [1.54, 1.807) is 0 Å². The fourth-order valence-corrected chi connectivity index (χ4v) is 2.54. The fraction of sp³-hybridized carbons (Fsp3) is 0.467. The normalized spacial score (nSPS) is 17.5. The van der Waals surface area contributed by atoms with Gasteiger partial charge in [-0.3, -0.25) is 0 Å². The molecule has 1 aliphatic rings. The van der Waals surface area contributed by atoms with Crippen molar-refractivity contribution in [1.29, 1.82) is 0 Å². The quantitative estimate of drug-likeness (QED) is 0.856. The summed E-state index contributed by atoms with van der Waals surface area (Å²) in [5.74, 6) is 1.36. The second-order valence-corrected chi connectivity index (χ2v) is 5.33. The summed E-state index contributed by atoms with van der Waals surface area (Å²) in [5, 5.41) is 1.38. The molecule has 2 N–H and O–H groups in total. The Morgan fingerprint density at radius 1 is 1.35 bits per heavy atom. The molecule has 90 valence electrons. The lowest BCUT2D eigenvalue weighted by molar-refractivity contribution is 0.647. The van der Waals surface area contributed by atoms with Crippen LogP contribution in [0.4, 0.5) is 0 Å². The van der Waals surface area contributed by atoms with E-state index in [0.717, 1.165) is 5.92 Å². The van der Waals surface area contributed by atoms with Crippen molar-refractivity contribution >= 4 is 10.9 Å². The van der Waals surface area contributed by atoms with Crippen LogP contribution in [-0.2, 0) is 6.54 Å². The van der Waals surface area contributed by atoms with E-state index in [4.69, 9.17) is 5.73 Å². The maximum atomic E-state index is 5.79. The molecule has 0 saturated heterocycles. The Morgan fingerprint density at radius 2 is 2.18 bits per heavy atom. The second-order valence-electron chi connectivity index (χ2n) is 5.33. The molecular weight excluding hydrogens is 208 g/mol. The molecule has 1 aromatic heterocycles. The first-order valence-electron chi connectivity index (χ1n) is 6.57. The topological polar surface area (TPSA) is 30.9 Å². The lowest BCUT2D eigenvalue weighted by atomic mass is 9.98. The van der Waals surface area contributed by atoms with Crippen molar-refractivity contribution in [3.8, 4) is 0 Å². The van der Waals surface area contributed by atoms with Crippen LogP contribution >= 0.6 is 0 Å². The van der Waals surface area contributed by atoms with Crippen LogP contribution < -0.4 is 5.73 Å². The summed E-state index contributed by atoms with van der Waals surface area (Å²) in [6.07, 6.45) is 5.03. The molecule has 3 rings (SSSR count). The molecule has 0 bridgehead atoms. The summed E-state index contributed by atoms with van der Waals surface area (Å²) in [6, 6.07) is 8.85. The largest absolute Gasteiger partial charge is 0.347 e. The minimum Gasteiger partial charge on any atom is -0.347 e. The maximum Gasteiger partial charge on any atom is 0.0483 e. The monoisotopic (exact) mass is 228 g/mol. The van der Waals surface area contributed by atoms with Crippen LogP contribution in [0.25, 0.3) is 10.9 Å². The van der Waals surface area contributed by atoms with Crippen LogP contribution in [0, 0.1) is 5.92 Å². The molecule has 1 heterocycles. The van der Waals surface area contributed by atoms with Crippen LogP contribution in [0.1, 0.15) is 31.2 Å². The third-order valence-electron chi connectivity index (χ3n) is 3.88. The van der Waals surface area contributed by atoms with E-state index in [1.165, 1.54) is 35.9 Å². The molecule has 2 heteroatoms. The summed E-state index contributed by atoms with van der Waals surface area (Å²) in [5.41, 5.74) is 8.54. The maximum absolute atomic E-state index is 5.79. The number of hydrogen-bond acceptors (Lipinski definition) is 1. The lowest BCUT2D eigenvalue weighted by Gasteiger charge is -2.11. The number of aromatic nitrogens is 1. The van der Waals surface area contributed by atoms with Crippen LogP contribution in [0.3, 0.4) is 0 Å².